The zero-order valence-electron chi connectivity index (χ0n) is 50.1. The van der Waals surface area contributed by atoms with Gasteiger partial charge in [-0.05, 0) is 87.9 Å². The molecule has 0 aliphatic carbocycles. The van der Waals surface area contributed by atoms with Crippen LogP contribution in [0.15, 0.2) is 98.3 Å². The van der Waals surface area contributed by atoms with Gasteiger partial charge in [0.25, 0.3) is 0 Å². The first-order chi connectivity index (χ1) is 33.6. The maximum atomic E-state index is 4.98. The molecule has 7 rings (SSSR count). The van der Waals surface area contributed by atoms with E-state index in [1.165, 1.54) is 64.1 Å². The van der Waals surface area contributed by atoms with Crippen molar-refractivity contribution in [2.24, 2.45) is 10.9 Å². The van der Waals surface area contributed by atoms with Crippen LogP contribution in [-0.2, 0) is 0 Å². The summed E-state index contributed by atoms with van der Waals surface area (Å²) in [5.74, 6) is 4.89. The van der Waals surface area contributed by atoms with Crippen LogP contribution in [0, 0.1) is 5.92 Å². The number of nitrogens with one attached hydrogen (secondary N) is 2. The molecule has 0 saturated carbocycles. The van der Waals surface area contributed by atoms with Crippen LogP contribution >= 0.6 is 23.1 Å². The highest BCUT2D eigenvalue weighted by atomic mass is 32.1. The smallest absolute Gasteiger partial charge is 0.180 e. The molecule has 2 N–H and O–H groups in total. The van der Waals surface area contributed by atoms with Crippen LogP contribution in [0.3, 0.4) is 0 Å². The van der Waals surface area contributed by atoms with Gasteiger partial charge in [-0.2, -0.15) is 14.6 Å². The summed E-state index contributed by atoms with van der Waals surface area (Å²) < 4.78 is 17.9. The molecule has 0 amide bonds. The van der Waals surface area contributed by atoms with Gasteiger partial charge in [-0.3, -0.25) is 15.2 Å². The van der Waals surface area contributed by atoms with Crippen molar-refractivity contribution in [3.05, 3.63) is 119 Å². The largest absolute Gasteiger partial charge is 0.451 e. The van der Waals surface area contributed by atoms with Gasteiger partial charge < -0.3 is 8.83 Å². The Morgan fingerprint density at radius 1 is 0.529 bits per heavy atom. The molecule has 406 valence electrons. The molecule has 0 spiro atoms. The minimum absolute atomic E-state index is 0.456. The lowest BCUT2D eigenvalue weighted by atomic mass is 10.1. The Hall–Kier alpha value is -4.49. The molecule has 0 aromatic carbocycles. The predicted octanol–water partition coefficient (Wildman–Crippen LogP) is 20.0. The van der Waals surface area contributed by atoms with Gasteiger partial charge >= 0.3 is 0 Å². The molecule has 7 heterocycles. The Morgan fingerprint density at radius 2 is 1.03 bits per heavy atom. The second kappa shape index (κ2) is 60.6. The number of hydrogen-bond acceptors (Lipinski definition) is 11. The molecule has 0 atom stereocenters. The molecule has 0 fully saturated rings. The van der Waals surface area contributed by atoms with Crippen molar-refractivity contribution < 1.29 is 8.83 Å². The van der Waals surface area contributed by atoms with Crippen LogP contribution < -0.4 is 0 Å². The molecule has 0 saturated heterocycles. The number of oxazole rings is 2. The Labute approximate surface area is 440 Å². The first-order valence-electron chi connectivity index (χ1n) is 26.4. The van der Waals surface area contributed by atoms with Gasteiger partial charge in [-0.1, -0.05) is 200 Å². The van der Waals surface area contributed by atoms with Crippen molar-refractivity contribution in [3.8, 4) is 0 Å². The summed E-state index contributed by atoms with van der Waals surface area (Å²) in [6.45, 7) is 58.7. The average molecular weight is 1020 g/mol. The van der Waals surface area contributed by atoms with E-state index < -0.39 is 0 Å². The van der Waals surface area contributed by atoms with E-state index in [0.29, 0.717) is 41.4 Å². The van der Waals surface area contributed by atoms with Crippen LogP contribution in [-0.4, -0.2) is 51.9 Å². The Morgan fingerprint density at radius 3 is 1.20 bits per heavy atom. The average Bonchev–Trinajstić information content (AvgIpc) is 4.26. The summed E-state index contributed by atoms with van der Waals surface area (Å²) in [6, 6.07) is 6.05. The fraction of sp³-hybridized carbons (Fsp3) is 0.632. The third-order valence-electron chi connectivity index (χ3n) is 7.86. The number of nitrogens with zero attached hydrogens (tertiary/aromatic N) is 7. The minimum atomic E-state index is 0.456. The number of rotatable bonds is 7. The number of aliphatic imine (C=N–C) groups is 1. The van der Waals surface area contributed by atoms with E-state index in [4.69, 9.17) is 8.83 Å². The first-order valence-corrected chi connectivity index (χ1v) is 28.0. The molecule has 13 heteroatoms. The van der Waals surface area contributed by atoms with Gasteiger partial charge in [0.15, 0.2) is 12.8 Å². The lowest BCUT2D eigenvalue weighted by Gasteiger charge is -1.98. The number of aromatic nitrogens is 8. The summed E-state index contributed by atoms with van der Waals surface area (Å²) in [5, 5.41) is 17.5. The van der Waals surface area contributed by atoms with E-state index in [-0.39, 0.29) is 0 Å². The number of allylic oxidation sites excluding steroid dienone is 1. The van der Waals surface area contributed by atoms with Gasteiger partial charge in [0, 0.05) is 52.9 Å². The molecular weight excluding hydrogens is 907 g/mol. The van der Waals surface area contributed by atoms with Crippen LogP contribution in [0.5, 0.6) is 0 Å². The van der Waals surface area contributed by atoms with E-state index in [2.05, 4.69) is 159 Å². The SMILES string of the molecule is CC.CC.CC.CC.CC.CC.CC.CC(C)C1=CCN=C1.CC(C)c1ccn[nH]1.CC(C)c1ccn[nH]1.CC(C)c1ccsn1.CC(C)c1cnco1.CC(C)c1cnsc1.CC(C)c1cocn1. The molecule has 1 aliphatic heterocycles. The predicted molar refractivity (Wildman–Crippen MR) is 315 cm³/mol. The second-order valence-electron chi connectivity index (χ2n) is 15.0. The van der Waals surface area contributed by atoms with E-state index in [1.54, 1.807) is 24.9 Å². The Kier molecular flexibility index (Phi) is 69.0. The molecule has 6 aromatic heterocycles. The topological polar surface area (TPSA) is 148 Å². The zero-order chi connectivity index (χ0) is 55.9. The first kappa shape index (κ1) is 79.6. The van der Waals surface area contributed by atoms with E-state index in [1.807, 2.05) is 127 Å². The van der Waals surface area contributed by atoms with Gasteiger partial charge in [0.05, 0.1) is 24.1 Å². The highest BCUT2D eigenvalue weighted by molar-refractivity contribution is 7.03. The lowest BCUT2D eigenvalue weighted by Crippen LogP contribution is -1.90. The van der Waals surface area contributed by atoms with Gasteiger partial charge in [0.1, 0.15) is 12.0 Å². The highest BCUT2D eigenvalue weighted by Gasteiger charge is 2.02. The molecule has 0 radical (unpaired) electrons. The van der Waals surface area contributed by atoms with E-state index in [0.717, 1.165) is 18.0 Å². The van der Waals surface area contributed by atoms with Crippen molar-refractivity contribution in [2.75, 3.05) is 6.54 Å². The van der Waals surface area contributed by atoms with Crippen molar-refractivity contribution in [2.45, 2.75) is 229 Å². The molecule has 11 nitrogen and oxygen atoms in total. The normalized spacial score (nSPS) is 9.73. The van der Waals surface area contributed by atoms with Crippen molar-refractivity contribution in [3.63, 3.8) is 0 Å². The third kappa shape index (κ3) is 47.2. The third-order valence-corrected chi connectivity index (χ3v) is 9.04. The minimum Gasteiger partial charge on any atom is -0.451 e. The number of H-pyrrole nitrogens is 2. The van der Waals surface area contributed by atoms with E-state index >= 15 is 0 Å². The summed E-state index contributed by atoms with van der Waals surface area (Å²) >= 11 is 3.04. The monoisotopic (exact) mass is 1020 g/mol. The maximum Gasteiger partial charge on any atom is 0.180 e. The van der Waals surface area contributed by atoms with Gasteiger partial charge in [-0.15, -0.1) is 0 Å². The fourth-order valence-electron chi connectivity index (χ4n) is 3.97. The molecule has 70 heavy (non-hydrogen) atoms. The second-order valence-corrected chi connectivity index (χ2v) is 16.3. The Bertz CT molecular complexity index is 1440. The standard InChI is InChI=1S/C7H11N.2C6H10N2.2C6H9NO.2C6H9NS.7C2H6/c1-6(2)7-3-4-8-5-7;2*1-5(2)6-3-4-7-8-6;1-5(2)6-3-8-4-7-6;1-5(2)6-3-7-4-8-6;1-5(2)6-3-7-8-4-6;1-5(2)6-3-4-8-7-6;7*1-2/h3,5-6H,4H2,1-2H3;2*3-5H,1-2H3,(H,7,8);4*3-5H,1-2H3;7*1-2H3. The summed E-state index contributed by atoms with van der Waals surface area (Å²) in [7, 11) is 0. The molecule has 1 aliphatic rings. The number of hydrogen-bond donors (Lipinski definition) is 2. The highest BCUT2D eigenvalue weighted by Crippen LogP contribution is 2.15. The van der Waals surface area contributed by atoms with Gasteiger partial charge in [-0.25, -0.2) is 14.3 Å². The van der Waals surface area contributed by atoms with Crippen molar-refractivity contribution >= 4 is 29.3 Å². The van der Waals surface area contributed by atoms with Crippen molar-refractivity contribution in [1.29, 1.82) is 0 Å². The fourth-order valence-corrected chi connectivity index (χ4v) is 5.32. The lowest BCUT2D eigenvalue weighted by molar-refractivity contribution is 0.482. The molecule has 0 bridgehead atoms. The van der Waals surface area contributed by atoms with Crippen LogP contribution in [0.2, 0.25) is 0 Å². The van der Waals surface area contributed by atoms with Crippen molar-refractivity contribution in [1.82, 2.24) is 39.1 Å². The number of aromatic amines is 2. The summed E-state index contributed by atoms with van der Waals surface area (Å²) in [6.07, 6.45) is 15.9. The molecular formula is C57H109N9O2S2. The zero-order valence-corrected chi connectivity index (χ0v) is 51.7. The molecule has 0 unspecified atom stereocenters. The summed E-state index contributed by atoms with van der Waals surface area (Å²) in [4.78, 5) is 11.8. The maximum absolute atomic E-state index is 4.98. The Balaban J connectivity index is -0.000000127. The van der Waals surface area contributed by atoms with Gasteiger partial charge in [0.2, 0.25) is 0 Å². The van der Waals surface area contributed by atoms with Crippen LogP contribution in [0.4, 0.5) is 0 Å². The summed E-state index contributed by atoms with van der Waals surface area (Å²) in [5.41, 5.74) is 7.34. The van der Waals surface area contributed by atoms with Crippen LogP contribution in [0.25, 0.3) is 0 Å². The molecule has 6 aromatic rings. The van der Waals surface area contributed by atoms with Crippen LogP contribution in [0.1, 0.15) is 263 Å². The van der Waals surface area contributed by atoms with E-state index in [9.17, 15) is 0 Å². The quantitative estimate of drug-likeness (QED) is 0.161.